The zero-order valence-electron chi connectivity index (χ0n) is 22.8. The van der Waals surface area contributed by atoms with Crippen molar-refractivity contribution in [3.05, 3.63) is 52.8 Å². The van der Waals surface area contributed by atoms with Crippen LogP contribution < -0.4 is 21.7 Å². The SMILES string of the molecule is CC(C)OC(=O)[C@H](C)CP(=O)(Oc1ccccc1)OC(C)(C)[C@H]1O[C@@H](n2cc(F)c(N)nc2=O)C(N)(CF)[C@H]1O. The fraction of sp³-hybridized carbons (Fsp3) is 0.560. The first kappa shape index (κ1) is 31.6. The van der Waals surface area contributed by atoms with E-state index < -0.39 is 85.3 Å². The molecule has 0 saturated carbocycles. The molecule has 1 aliphatic heterocycles. The number of aliphatic hydroxyl groups is 1. The summed E-state index contributed by atoms with van der Waals surface area (Å²) in [5.41, 5.74) is 6.41. The molecule has 0 amide bonds. The number of benzene rings is 1. The van der Waals surface area contributed by atoms with Crippen LogP contribution in [0, 0.1) is 11.7 Å². The third kappa shape index (κ3) is 6.69. The average Bonchev–Trinajstić information content (AvgIpc) is 3.12. The number of nitrogens with two attached hydrogens (primary N) is 2. The Kier molecular flexibility index (Phi) is 9.42. The number of anilines is 1. The number of rotatable bonds is 11. The fourth-order valence-electron chi connectivity index (χ4n) is 4.31. The van der Waals surface area contributed by atoms with Crippen LogP contribution in [0.4, 0.5) is 14.6 Å². The summed E-state index contributed by atoms with van der Waals surface area (Å²) >= 11 is 0. The normalized spacial score (nSPS) is 25.4. The average molecular weight is 589 g/mol. The number of nitrogen functional groups attached to an aromatic ring is 1. The monoisotopic (exact) mass is 588 g/mol. The molecule has 2 aromatic rings. The minimum Gasteiger partial charge on any atom is -0.463 e. The van der Waals surface area contributed by atoms with Crippen LogP contribution in [0.15, 0.2) is 41.3 Å². The van der Waals surface area contributed by atoms with E-state index in [0.717, 1.165) is 0 Å². The number of hydrogen-bond donors (Lipinski definition) is 3. The highest BCUT2D eigenvalue weighted by atomic mass is 31.2. The number of carbonyl (C=O) groups excluding carboxylic acids is 1. The van der Waals surface area contributed by atoms with Gasteiger partial charge in [0.15, 0.2) is 17.9 Å². The van der Waals surface area contributed by atoms with Gasteiger partial charge in [-0.15, -0.1) is 0 Å². The number of esters is 1. The molecule has 2 unspecified atom stereocenters. The van der Waals surface area contributed by atoms with Crippen molar-refractivity contribution in [2.75, 3.05) is 18.6 Å². The molecular weight excluding hydrogens is 553 g/mol. The molecule has 0 spiro atoms. The molecule has 3 rings (SSSR count). The van der Waals surface area contributed by atoms with E-state index in [1.165, 1.54) is 32.9 Å². The Morgan fingerprint density at radius 3 is 2.50 bits per heavy atom. The van der Waals surface area contributed by atoms with E-state index in [9.17, 15) is 28.0 Å². The second-order valence-corrected chi connectivity index (χ2v) is 12.5. The third-order valence-corrected chi connectivity index (χ3v) is 8.52. The number of ether oxygens (including phenoxy) is 2. The molecule has 12 nitrogen and oxygen atoms in total. The van der Waals surface area contributed by atoms with Crippen molar-refractivity contribution in [1.29, 1.82) is 0 Å². The molecule has 15 heteroatoms. The van der Waals surface area contributed by atoms with Crippen molar-refractivity contribution < 1.29 is 41.8 Å². The number of aromatic nitrogens is 2. The largest absolute Gasteiger partial charge is 0.463 e. The lowest BCUT2D eigenvalue weighted by molar-refractivity contribution is -0.151. The first-order chi connectivity index (χ1) is 18.5. The summed E-state index contributed by atoms with van der Waals surface area (Å²) in [6.45, 7) is 6.17. The quantitative estimate of drug-likeness (QED) is 0.260. The minimum atomic E-state index is -4.24. The first-order valence-electron chi connectivity index (χ1n) is 12.5. The number of hydrogen-bond acceptors (Lipinski definition) is 11. The molecule has 2 heterocycles. The number of alkyl halides is 1. The minimum absolute atomic E-state index is 0.170. The number of nitrogens with zero attached hydrogens (tertiary/aromatic N) is 2. The van der Waals surface area contributed by atoms with E-state index in [1.807, 2.05) is 0 Å². The van der Waals surface area contributed by atoms with Gasteiger partial charge in [-0.1, -0.05) is 25.1 Å². The number of halogens is 2. The van der Waals surface area contributed by atoms with Crippen molar-refractivity contribution >= 4 is 19.4 Å². The number of para-hydroxylation sites is 1. The van der Waals surface area contributed by atoms with Crippen molar-refractivity contribution in [2.24, 2.45) is 11.7 Å². The van der Waals surface area contributed by atoms with E-state index in [-0.39, 0.29) is 5.75 Å². The second kappa shape index (κ2) is 11.9. The topological polar surface area (TPSA) is 178 Å². The Morgan fingerprint density at radius 2 is 1.93 bits per heavy atom. The van der Waals surface area contributed by atoms with Crippen molar-refractivity contribution in [2.45, 2.75) is 70.3 Å². The van der Waals surface area contributed by atoms with Crippen LogP contribution in [0.3, 0.4) is 0 Å². The van der Waals surface area contributed by atoms with Gasteiger partial charge in [-0.05, 0) is 39.8 Å². The van der Waals surface area contributed by atoms with E-state index in [0.29, 0.717) is 10.8 Å². The second-order valence-electron chi connectivity index (χ2n) is 10.5. The fourth-order valence-corrected chi connectivity index (χ4v) is 6.58. The molecule has 1 saturated heterocycles. The van der Waals surface area contributed by atoms with Crippen LogP contribution in [0.25, 0.3) is 0 Å². The molecule has 222 valence electrons. The van der Waals surface area contributed by atoms with E-state index >= 15 is 0 Å². The summed E-state index contributed by atoms with van der Waals surface area (Å²) < 4.78 is 66.0. The molecule has 1 fully saturated rings. The highest BCUT2D eigenvalue weighted by molar-refractivity contribution is 7.54. The Morgan fingerprint density at radius 1 is 1.30 bits per heavy atom. The molecule has 1 aromatic carbocycles. The summed E-state index contributed by atoms with van der Waals surface area (Å²) in [4.78, 5) is 28.3. The molecule has 1 aliphatic rings. The van der Waals surface area contributed by atoms with E-state index in [4.69, 9.17) is 30.0 Å². The van der Waals surface area contributed by atoms with Gasteiger partial charge in [0, 0.05) is 0 Å². The Bertz CT molecular complexity index is 1310. The highest BCUT2D eigenvalue weighted by Crippen LogP contribution is 2.55. The van der Waals surface area contributed by atoms with Crippen molar-refractivity contribution in [3.8, 4) is 5.75 Å². The summed E-state index contributed by atoms with van der Waals surface area (Å²) in [6, 6.07) is 8.04. The van der Waals surface area contributed by atoms with E-state index in [1.54, 1.807) is 32.0 Å². The van der Waals surface area contributed by atoms with Gasteiger partial charge in [0.2, 0.25) is 0 Å². The Balaban J connectivity index is 1.97. The maximum atomic E-state index is 14.3. The van der Waals surface area contributed by atoms with Crippen molar-refractivity contribution in [3.63, 3.8) is 0 Å². The zero-order valence-corrected chi connectivity index (χ0v) is 23.7. The highest BCUT2D eigenvalue weighted by Gasteiger charge is 2.61. The molecule has 40 heavy (non-hydrogen) atoms. The lowest BCUT2D eigenvalue weighted by atomic mass is 9.86. The molecule has 5 N–H and O–H groups in total. The number of aliphatic hydroxyl groups excluding tert-OH is 1. The molecular formula is C25H35F2N4O8P. The molecule has 0 radical (unpaired) electrons. The van der Waals surface area contributed by atoms with Gasteiger partial charge in [-0.25, -0.2) is 18.1 Å². The van der Waals surface area contributed by atoms with Gasteiger partial charge in [0.25, 0.3) is 0 Å². The molecule has 6 atom stereocenters. The first-order valence-corrected chi connectivity index (χ1v) is 14.2. The maximum absolute atomic E-state index is 14.3. The Labute approximate surface area is 230 Å². The molecule has 1 aromatic heterocycles. The summed E-state index contributed by atoms with van der Waals surface area (Å²) in [6.07, 6.45) is -5.32. The van der Waals surface area contributed by atoms with Gasteiger partial charge in [-0.3, -0.25) is 13.9 Å². The maximum Gasteiger partial charge on any atom is 0.380 e. The van der Waals surface area contributed by atoms with Crippen molar-refractivity contribution in [1.82, 2.24) is 9.55 Å². The van der Waals surface area contributed by atoms with Gasteiger partial charge in [-0.2, -0.15) is 4.98 Å². The predicted molar refractivity (Wildman–Crippen MR) is 141 cm³/mol. The smallest absolute Gasteiger partial charge is 0.380 e. The van der Waals surface area contributed by atoms with Gasteiger partial charge in [0.1, 0.15) is 35.8 Å². The van der Waals surface area contributed by atoms with Crippen LogP contribution in [0.1, 0.15) is 40.8 Å². The molecule has 0 aliphatic carbocycles. The van der Waals surface area contributed by atoms with E-state index in [2.05, 4.69) is 4.98 Å². The van der Waals surface area contributed by atoms with Gasteiger partial charge in [0.05, 0.1) is 24.4 Å². The Hall–Kier alpha value is -2.90. The van der Waals surface area contributed by atoms with Crippen LogP contribution >= 0.6 is 7.60 Å². The molecule has 0 bridgehead atoms. The van der Waals surface area contributed by atoms with Crippen LogP contribution in [-0.2, 0) is 23.4 Å². The van der Waals surface area contributed by atoms with Crippen LogP contribution in [-0.4, -0.2) is 62.9 Å². The zero-order chi connectivity index (χ0) is 30.0. The summed E-state index contributed by atoms with van der Waals surface area (Å²) in [5, 5.41) is 11.1. The standard InChI is InChI=1S/C25H35F2N4O8P/c1-14(2)36-21(33)15(3)12-40(35,38-16-9-7-6-8-10-16)39-24(4,5)19-18(32)25(29,13-26)22(37-19)31-11-17(27)20(28)30-23(31)34/h6-11,14-15,18-19,22,32H,12-13,29H2,1-5H3,(H2,28,30,34)/t15-,18+,19+,22-,25?,40?/m1/s1. The van der Waals surface area contributed by atoms with Gasteiger partial charge < -0.3 is 30.6 Å². The summed E-state index contributed by atoms with van der Waals surface area (Å²) in [5.74, 6) is -3.19. The number of carbonyl (C=O) groups is 1. The lowest BCUT2D eigenvalue weighted by Crippen LogP contribution is -2.59. The van der Waals surface area contributed by atoms with Crippen LogP contribution in [0.5, 0.6) is 5.75 Å². The lowest BCUT2D eigenvalue weighted by Gasteiger charge is -2.37. The third-order valence-electron chi connectivity index (χ3n) is 6.29. The van der Waals surface area contributed by atoms with Crippen LogP contribution in [0.2, 0.25) is 0 Å². The summed E-state index contributed by atoms with van der Waals surface area (Å²) in [7, 11) is -4.24. The predicted octanol–water partition coefficient (Wildman–Crippen LogP) is 2.54. The van der Waals surface area contributed by atoms with Gasteiger partial charge >= 0.3 is 19.3 Å².